The highest BCUT2D eigenvalue weighted by atomic mass is 19.1. The Morgan fingerprint density at radius 2 is 1.89 bits per heavy atom. The summed E-state index contributed by atoms with van der Waals surface area (Å²) >= 11 is 0. The Morgan fingerprint density at radius 3 is 2.64 bits per heavy atom. The van der Waals surface area contributed by atoms with E-state index in [0.717, 1.165) is 12.8 Å². The van der Waals surface area contributed by atoms with Crippen LogP contribution in [0.3, 0.4) is 0 Å². The van der Waals surface area contributed by atoms with E-state index < -0.39 is 23.7 Å². The molecule has 2 aromatic carbocycles. The Kier molecular flexibility index (Phi) is 6.03. The number of likely N-dealkylation sites (tertiary alicyclic amines) is 1. The van der Waals surface area contributed by atoms with Crippen LogP contribution >= 0.6 is 0 Å². The molecule has 1 aliphatic rings. The van der Waals surface area contributed by atoms with Crippen LogP contribution in [0.25, 0.3) is 0 Å². The molecule has 0 bridgehead atoms. The molecule has 0 spiro atoms. The van der Waals surface area contributed by atoms with Crippen molar-refractivity contribution in [3.8, 4) is 0 Å². The number of benzene rings is 2. The third-order valence-corrected chi connectivity index (χ3v) is 4.75. The molecule has 1 unspecified atom stereocenters. The average Bonchev–Trinajstić information content (AvgIpc) is 2.69. The molecule has 0 radical (unpaired) electrons. The zero-order valence-corrected chi connectivity index (χ0v) is 15.2. The Morgan fingerprint density at radius 1 is 1.11 bits per heavy atom. The van der Waals surface area contributed by atoms with E-state index in [1.54, 1.807) is 30.3 Å². The lowest BCUT2D eigenvalue weighted by Gasteiger charge is -2.33. The monoisotopic (exact) mass is 384 g/mol. The first-order valence-corrected chi connectivity index (χ1v) is 9.13. The highest BCUT2D eigenvalue weighted by molar-refractivity contribution is 5.99. The summed E-state index contributed by atoms with van der Waals surface area (Å²) < 4.78 is 13.7. The number of piperidine rings is 1. The maximum absolute atomic E-state index is 13.7. The zero-order valence-electron chi connectivity index (χ0n) is 15.2. The molecule has 146 valence electrons. The van der Waals surface area contributed by atoms with Crippen LogP contribution in [0.1, 0.15) is 35.2 Å². The predicted molar refractivity (Wildman–Crippen MR) is 101 cm³/mol. The molecule has 1 saturated heterocycles. The van der Waals surface area contributed by atoms with Crippen molar-refractivity contribution in [3.05, 3.63) is 65.5 Å². The maximum Gasteiger partial charge on any atom is 0.326 e. The third kappa shape index (κ3) is 4.54. The molecule has 0 aromatic heterocycles. The van der Waals surface area contributed by atoms with E-state index >= 15 is 0 Å². The summed E-state index contributed by atoms with van der Waals surface area (Å²) in [5, 5.41) is 12.0. The standard InChI is InChI=1S/C21H21FN2O4/c22-17-9-2-1-6-14(17)13-19(25)23-16-8-5-7-15(12-16)20(26)24-11-4-3-10-18(24)21(27)28/h1-2,5-9,12,18H,3-4,10-11,13H2,(H,23,25)(H,27,28). The van der Waals surface area contributed by atoms with E-state index in [0.29, 0.717) is 24.2 Å². The van der Waals surface area contributed by atoms with E-state index in [1.165, 1.54) is 23.1 Å². The second kappa shape index (κ2) is 8.65. The maximum atomic E-state index is 13.7. The van der Waals surface area contributed by atoms with Gasteiger partial charge in [-0.15, -0.1) is 0 Å². The van der Waals surface area contributed by atoms with E-state index in [2.05, 4.69) is 5.32 Å². The Labute approximate surface area is 162 Å². The second-order valence-electron chi connectivity index (χ2n) is 6.75. The summed E-state index contributed by atoms with van der Waals surface area (Å²) in [6.45, 7) is 0.389. The number of hydrogen-bond acceptors (Lipinski definition) is 3. The van der Waals surface area contributed by atoms with Crippen LogP contribution in [-0.2, 0) is 16.0 Å². The lowest BCUT2D eigenvalue weighted by atomic mass is 10.0. The van der Waals surface area contributed by atoms with Gasteiger partial charge >= 0.3 is 5.97 Å². The molecule has 7 heteroatoms. The summed E-state index contributed by atoms with van der Waals surface area (Å²) in [5.41, 5.74) is 0.984. The van der Waals surface area contributed by atoms with E-state index in [1.807, 2.05) is 0 Å². The SMILES string of the molecule is O=C(Cc1ccccc1F)Nc1cccc(C(=O)N2CCCCC2C(=O)O)c1. The number of halogens is 1. The van der Waals surface area contributed by atoms with Gasteiger partial charge in [0.25, 0.3) is 5.91 Å². The molecule has 2 N–H and O–H groups in total. The van der Waals surface area contributed by atoms with Crippen LogP contribution in [0, 0.1) is 5.82 Å². The zero-order chi connectivity index (χ0) is 20.1. The number of carboxylic acids is 1. The number of rotatable bonds is 5. The highest BCUT2D eigenvalue weighted by Crippen LogP contribution is 2.21. The molecule has 28 heavy (non-hydrogen) atoms. The minimum absolute atomic E-state index is 0.127. The number of carboxylic acid groups (broad SMARTS) is 1. The van der Waals surface area contributed by atoms with Gasteiger partial charge in [-0.25, -0.2) is 9.18 Å². The fourth-order valence-corrected chi connectivity index (χ4v) is 3.35. The fourth-order valence-electron chi connectivity index (χ4n) is 3.35. The number of amides is 2. The van der Waals surface area contributed by atoms with Gasteiger partial charge in [-0.2, -0.15) is 0 Å². The van der Waals surface area contributed by atoms with Gasteiger partial charge in [0.15, 0.2) is 0 Å². The molecule has 1 atom stereocenters. The molecule has 1 heterocycles. The smallest absolute Gasteiger partial charge is 0.326 e. The first-order valence-electron chi connectivity index (χ1n) is 9.13. The summed E-state index contributed by atoms with van der Waals surface area (Å²) in [7, 11) is 0. The largest absolute Gasteiger partial charge is 0.480 e. The number of hydrogen-bond donors (Lipinski definition) is 2. The average molecular weight is 384 g/mol. The molecule has 1 fully saturated rings. The van der Waals surface area contributed by atoms with Crippen LogP contribution in [0.5, 0.6) is 0 Å². The van der Waals surface area contributed by atoms with Crippen molar-refractivity contribution in [1.82, 2.24) is 4.90 Å². The molecular formula is C21H21FN2O4. The highest BCUT2D eigenvalue weighted by Gasteiger charge is 2.32. The van der Waals surface area contributed by atoms with Gasteiger partial charge < -0.3 is 15.3 Å². The first-order chi connectivity index (χ1) is 13.5. The number of aliphatic carboxylic acids is 1. The van der Waals surface area contributed by atoms with Gasteiger partial charge in [-0.3, -0.25) is 9.59 Å². The normalized spacial score (nSPS) is 16.5. The summed E-state index contributed by atoms with van der Waals surface area (Å²) in [6.07, 6.45) is 1.83. The number of carbonyl (C=O) groups excluding carboxylic acids is 2. The van der Waals surface area contributed by atoms with Gasteiger partial charge in [0.05, 0.1) is 6.42 Å². The molecule has 6 nitrogen and oxygen atoms in total. The van der Waals surface area contributed by atoms with Gasteiger partial charge in [0, 0.05) is 17.8 Å². The van der Waals surface area contributed by atoms with Crippen molar-refractivity contribution < 1.29 is 23.9 Å². The van der Waals surface area contributed by atoms with Gasteiger partial charge in [-0.05, 0) is 49.1 Å². The third-order valence-electron chi connectivity index (χ3n) is 4.75. The van der Waals surface area contributed by atoms with Crippen molar-refractivity contribution in [1.29, 1.82) is 0 Å². The first kappa shape index (κ1) is 19.5. The second-order valence-corrected chi connectivity index (χ2v) is 6.75. The fraction of sp³-hybridized carbons (Fsp3) is 0.286. The van der Waals surface area contributed by atoms with Gasteiger partial charge in [0.1, 0.15) is 11.9 Å². The van der Waals surface area contributed by atoms with E-state index in [4.69, 9.17) is 0 Å². The van der Waals surface area contributed by atoms with Crippen molar-refractivity contribution in [3.63, 3.8) is 0 Å². The van der Waals surface area contributed by atoms with E-state index in [9.17, 15) is 23.9 Å². The van der Waals surface area contributed by atoms with Crippen LogP contribution in [0.2, 0.25) is 0 Å². The minimum Gasteiger partial charge on any atom is -0.480 e. The lowest BCUT2D eigenvalue weighted by molar-refractivity contribution is -0.143. The predicted octanol–water partition coefficient (Wildman–Crippen LogP) is 3.09. The van der Waals surface area contributed by atoms with Crippen LogP contribution in [0.4, 0.5) is 10.1 Å². The Hall–Kier alpha value is -3.22. The molecule has 2 amide bonds. The molecule has 2 aromatic rings. The summed E-state index contributed by atoms with van der Waals surface area (Å²) in [4.78, 5) is 37.8. The summed E-state index contributed by atoms with van der Waals surface area (Å²) in [6, 6.07) is 11.5. The van der Waals surface area contributed by atoms with E-state index in [-0.39, 0.29) is 17.9 Å². The topological polar surface area (TPSA) is 86.7 Å². The molecule has 0 aliphatic carbocycles. The number of nitrogens with one attached hydrogen (secondary N) is 1. The molecule has 0 saturated carbocycles. The van der Waals surface area contributed by atoms with Crippen LogP contribution in [0.15, 0.2) is 48.5 Å². The number of anilines is 1. The molecular weight excluding hydrogens is 363 g/mol. The van der Waals surface area contributed by atoms with Crippen molar-refractivity contribution >= 4 is 23.5 Å². The number of carbonyl (C=O) groups is 3. The van der Waals surface area contributed by atoms with Gasteiger partial charge in [-0.1, -0.05) is 24.3 Å². The summed E-state index contributed by atoms with van der Waals surface area (Å²) in [5.74, 6) is -2.25. The Bertz CT molecular complexity index is 899. The van der Waals surface area contributed by atoms with Crippen LogP contribution in [-0.4, -0.2) is 40.4 Å². The van der Waals surface area contributed by atoms with Crippen molar-refractivity contribution in [2.75, 3.05) is 11.9 Å². The Balaban J connectivity index is 1.71. The number of nitrogens with zero attached hydrogens (tertiary/aromatic N) is 1. The molecule has 1 aliphatic heterocycles. The minimum atomic E-state index is -1.01. The lowest BCUT2D eigenvalue weighted by Crippen LogP contribution is -2.48. The molecule has 3 rings (SSSR count). The van der Waals surface area contributed by atoms with Gasteiger partial charge in [0.2, 0.25) is 5.91 Å². The quantitative estimate of drug-likeness (QED) is 0.829. The van der Waals surface area contributed by atoms with Crippen molar-refractivity contribution in [2.24, 2.45) is 0 Å². The van der Waals surface area contributed by atoms with Crippen LogP contribution < -0.4 is 5.32 Å². The van der Waals surface area contributed by atoms with Crippen molar-refractivity contribution in [2.45, 2.75) is 31.7 Å².